The molecule has 1 fully saturated rings. The van der Waals surface area contributed by atoms with E-state index < -0.39 is 0 Å². The molecule has 0 spiro atoms. The van der Waals surface area contributed by atoms with Crippen molar-refractivity contribution in [2.45, 2.75) is 25.7 Å². The second-order valence-electron chi connectivity index (χ2n) is 1.87. The SMILES string of the molecule is C1CCC1.N.N=C(N)N. The minimum absolute atomic E-state index is 0. The van der Waals surface area contributed by atoms with Crippen LogP contribution in [0.2, 0.25) is 0 Å². The molecule has 0 aromatic rings. The van der Waals surface area contributed by atoms with Gasteiger partial charge in [-0.25, -0.2) is 0 Å². The van der Waals surface area contributed by atoms with Crippen LogP contribution in [0.1, 0.15) is 25.7 Å². The summed E-state index contributed by atoms with van der Waals surface area (Å²) in [5, 5.41) is 6.06. The Bertz CT molecular complexity index is 59.4. The Morgan fingerprint density at radius 1 is 1.00 bits per heavy atom. The average molecular weight is 132 g/mol. The van der Waals surface area contributed by atoms with Gasteiger partial charge >= 0.3 is 0 Å². The molecule has 0 unspecified atom stereocenters. The van der Waals surface area contributed by atoms with Gasteiger partial charge in [-0.2, -0.15) is 0 Å². The second-order valence-corrected chi connectivity index (χ2v) is 1.87. The van der Waals surface area contributed by atoms with Gasteiger partial charge in [0.05, 0.1) is 0 Å². The molecule has 1 saturated carbocycles. The van der Waals surface area contributed by atoms with Gasteiger partial charge in [0, 0.05) is 0 Å². The maximum Gasteiger partial charge on any atom is 0.183 e. The Hall–Kier alpha value is -0.770. The molecule has 0 atom stereocenters. The number of guanidine groups is 1. The number of nitrogens with two attached hydrogens (primary N) is 2. The molecule has 1 aliphatic carbocycles. The molecule has 0 amide bonds. The van der Waals surface area contributed by atoms with Gasteiger partial charge in [0.15, 0.2) is 5.96 Å². The molecule has 9 heavy (non-hydrogen) atoms. The largest absolute Gasteiger partial charge is 0.370 e. The van der Waals surface area contributed by atoms with Crippen LogP contribution in [-0.4, -0.2) is 5.96 Å². The highest BCUT2D eigenvalue weighted by molar-refractivity contribution is 5.71. The Balaban J connectivity index is 0. The lowest BCUT2D eigenvalue weighted by molar-refractivity contribution is 0.504. The van der Waals surface area contributed by atoms with Crippen LogP contribution in [0.15, 0.2) is 0 Å². The fourth-order valence-corrected chi connectivity index (χ4v) is 0.250. The van der Waals surface area contributed by atoms with Crippen LogP contribution in [0.25, 0.3) is 0 Å². The molecular weight excluding hydrogens is 116 g/mol. The predicted octanol–water partition coefficient (Wildman–Crippen LogP) is 0.561. The van der Waals surface area contributed by atoms with E-state index in [2.05, 4.69) is 11.5 Å². The minimum Gasteiger partial charge on any atom is -0.370 e. The molecule has 0 aromatic carbocycles. The van der Waals surface area contributed by atoms with Crippen molar-refractivity contribution in [2.24, 2.45) is 11.5 Å². The molecule has 0 heterocycles. The molecule has 0 radical (unpaired) electrons. The van der Waals surface area contributed by atoms with Crippen molar-refractivity contribution in [1.29, 1.82) is 5.41 Å². The highest BCUT2D eigenvalue weighted by Gasteiger charge is 1.95. The lowest BCUT2D eigenvalue weighted by Gasteiger charge is -2.05. The van der Waals surface area contributed by atoms with Crippen molar-refractivity contribution in [1.82, 2.24) is 6.15 Å². The van der Waals surface area contributed by atoms with Gasteiger partial charge in [0.25, 0.3) is 0 Å². The van der Waals surface area contributed by atoms with Crippen LogP contribution in [0.5, 0.6) is 0 Å². The van der Waals surface area contributed by atoms with E-state index in [9.17, 15) is 0 Å². The highest BCUT2D eigenvalue weighted by Crippen LogP contribution is 2.15. The van der Waals surface area contributed by atoms with Gasteiger partial charge < -0.3 is 17.6 Å². The van der Waals surface area contributed by atoms with E-state index >= 15 is 0 Å². The summed E-state index contributed by atoms with van der Waals surface area (Å²) in [7, 11) is 0. The summed E-state index contributed by atoms with van der Waals surface area (Å²) < 4.78 is 0. The molecule has 1 aliphatic rings. The molecule has 0 saturated heterocycles. The van der Waals surface area contributed by atoms with Crippen molar-refractivity contribution in [3.63, 3.8) is 0 Å². The molecule has 1 rings (SSSR count). The molecule has 0 aromatic heterocycles. The fraction of sp³-hybridized carbons (Fsp3) is 0.800. The van der Waals surface area contributed by atoms with Gasteiger partial charge in [-0.15, -0.1) is 0 Å². The number of hydrogen-bond acceptors (Lipinski definition) is 2. The predicted molar refractivity (Wildman–Crippen MR) is 39.6 cm³/mol. The number of hydrogen-bond donors (Lipinski definition) is 4. The van der Waals surface area contributed by atoms with Gasteiger partial charge in [-0.1, -0.05) is 25.7 Å². The van der Waals surface area contributed by atoms with Gasteiger partial charge in [0.1, 0.15) is 0 Å². The molecular formula is C5H16N4. The molecule has 4 heteroatoms. The van der Waals surface area contributed by atoms with E-state index in [4.69, 9.17) is 5.41 Å². The highest BCUT2D eigenvalue weighted by atomic mass is 14.9. The van der Waals surface area contributed by atoms with Crippen LogP contribution >= 0.6 is 0 Å². The maximum absolute atomic E-state index is 6.06. The van der Waals surface area contributed by atoms with E-state index in [0.29, 0.717) is 0 Å². The summed E-state index contributed by atoms with van der Waals surface area (Å²) in [6.45, 7) is 0. The quantitative estimate of drug-likeness (QED) is 0.285. The third kappa shape index (κ3) is 19.0. The molecule has 4 nitrogen and oxygen atoms in total. The standard InChI is InChI=1S/C4H8.CH5N3.H3N/c1-2-4-3-1;2-1(3)4;/h1-4H2;(H5,2,3,4);1H3. The van der Waals surface area contributed by atoms with E-state index in [1.807, 2.05) is 0 Å². The van der Waals surface area contributed by atoms with Crippen molar-refractivity contribution < 1.29 is 0 Å². The zero-order valence-corrected chi connectivity index (χ0v) is 5.69. The fourth-order valence-electron chi connectivity index (χ4n) is 0.250. The van der Waals surface area contributed by atoms with Crippen LogP contribution in [0.4, 0.5) is 0 Å². The van der Waals surface area contributed by atoms with Crippen molar-refractivity contribution in [3.05, 3.63) is 0 Å². The van der Waals surface area contributed by atoms with Gasteiger partial charge in [-0.05, 0) is 0 Å². The average Bonchev–Trinajstić information content (AvgIpc) is 1.19. The van der Waals surface area contributed by atoms with Crippen molar-refractivity contribution >= 4 is 5.96 Å². The van der Waals surface area contributed by atoms with E-state index in [1.165, 1.54) is 25.7 Å². The first-order chi connectivity index (χ1) is 3.73. The topological polar surface area (TPSA) is 111 Å². The third-order valence-corrected chi connectivity index (χ3v) is 1.000. The van der Waals surface area contributed by atoms with Crippen LogP contribution < -0.4 is 17.6 Å². The lowest BCUT2D eigenvalue weighted by atomic mass is 10.0. The number of rotatable bonds is 0. The van der Waals surface area contributed by atoms with Crippen LogP contribution in [-0.2, 0) is 0 Å². The molecule has 0 bridgehead atoms. The summed E-state index contributed by atoms with van der Waals surface area (Å²) in [6.07, 6.45) is 6.00. The van der Waals surface area contributed by atoms with Gasteiger partial charge in [-0.3, -0.25) is 5.41 Å². The smallest absolute Gasteiger partial charge is 0.183 e. The Labute approximate surface area is 55.7 Å². The zero-order valence-electron chi connectivity index (χ0n) is 5.69. The van der Waals surface area contributed by atoms with E-state index in [-0.39, 0.29) is 12.1 Å². The summed E-state index contributed by atoms with van der Waals surface area (Å²) in [4.78, 5) is 0. The van der Waals surface area contributed by atoms with Crippen LogP contribution in [0.3, 0.4) is 0 Å². The first-order valence-corrected chi connectivity index (χ1v) is 2.83. The van der Waals surface area contributed by atoms with Crippen molar-refractivity contribution in [3.8, 4) is 0 Å². The van der Waals surface area contributed by atoms with Gasteiger partial charge in [0.2, 0.25) is 0 Å². The third-order valence-electron chi connectivity index (χ3n) is 1.000. The van der Waals surface area contributed by atoms with Crippen molar-refractivity contribution in [2.75, 3.05) is 0 Å². The summed E-state index contributed by atoms with van der Waals surface area (Å²) in [5.74, 6) is -0.333. The zero-order chi connectivity index (χ0) is 6.41. The normalized spacial score (nSPS) is 13.3. The Morgan fingerprint density at radius 2 is 1.11 bits per heavy atom. The molecule has 56 valence electrons. The van der Waals surface area contributed by atoms with E-state index in [1.54, 1.807) is 0 Å². The van der Waals surface area contributed by atoms with E-state index in [0.717, 1.165) is 0 Å². The monoisotopic (exact) mass is 132 g/mol. The summed E-state index contributed by atoms with van der Waals surface area (Å²) >= 11 is 0. The lowest BCUT2D eigenvalue weighted by Crippen LogP contribution is -2.20. The molecule has 8 N–H and O–H groups in total. The Kier molecular flexibility index (Phi) is 8.90. The van der Waals surface area contributed by atoms with Crippen LogP contribution in [0, 0.1) is 5.41 Å². The first kappa shape index (κ1) is 11.1. The molecule has 0 aliphatic heterocycles. The summed E-state index contributed by atoms with van der Waals surface area (Å²) in [6, 6.07) is 0. The summed E-state index contributed by atoms with van der Waals surface area (Å²) in [5.41, 5.74) is 8.94. The Morgan fingerprint density at radius 3 is 1.11 bits per heavy atom. The first-order valence-electron chi connectivity index (χ1n) is 2.83. The second kappa shape index (κ2) is 7.23. The number of nitrogens with one attached hydrogen (secondary N) is 1. The minimum atomic E-state index is -0.333. The maximum atomic E-state index is 6.06.